The number of carbonyl (C=O) groups is 1. The SMILES string of the molecule is COc1cnc(Nc2ccc(N3CCC(NC(=O)OC(C)(C)C)CC3)c(C)c2)nc1Nc1ccc(C)cc1P(C)(C)=O. The molecule has 0 saturated carbocycles. The molecule has 1 aliphatic rings. The van der Waals surface area contributed by atoms with Crippen LogP contribution in [0.3, 0.4) is 0 Å². The first-order valence-electron chi connectivity index (χ1n) is 14.2. The largest absolute Gasteiger partial charge is 0.491 e. The van der Waals surface area contributed by atoms with Gasteiger partial charge in [0.15, 0.2) is 11.6 Å². The van der Waals surface area contributed by atoms with E-state index in [1.807, 2.05) is 52.0 Å². The zero-order valence-corrected chi connectivity index (χ0v) is 26.8. The van der Waals surface area contributed by atoms with Gasteiger partial charge in [0.25, 0.3) is 0 Å². The van der Waals surface area contributed by atoms with Crippen LogP contribution in [0.2, 0.25) is 0 Å². The number of carbonyl (C=O) groups excluding carboxylic acids is 1. The van der Waals surface area contributed by atoms with Crippen molar-refractivity contribution in [3.63, 3.8) is 0 Å². The molecular weight excluding hydrogens is 551 g/mol. The number of rotatable bonds is 8. The molecule has 0 unspecified atom stereocenters. The number of aryl methyl sites for hydroxylation is 2. The lowest BCUT2D eigenvalue weighted by molar-refractivity contribution is 0.0497. The third-order valence-corrected chi connectivity index (χ3v) is 8.50. The lowest BCUT2D eigenvalue weighted by Gasteiger charge is -2.35. The van der Waals surface area contributed by atoms with Crippen molar-refractivity contribution in [3.8, 4) is 5.75 Å². The van der Waals surface area contributed by atoms with Gasteiger partial charge in [-0.1, -0.05) is 11.6 Å². The number of benzene rings is 2. The summed E-state index contributed by atoms with van der Waals surface area (Å²) in [7, 11) is -0.975. The van der Waals surface area contributed by atoms with Crippen molar-refractivity contribution in [2.75, 3.05) is 49.1 Å². The first kappa shape index (κ1) is 31.2. The lowest BCUT2D eigenvalue weighted by Crippen LogP contribution is -2.46. The summed E-state index contributed by atoms with van der Waals surface area (Å²) < 4.78 is 23.9. The van der Waals surface area contributed by atoms with Gasteiger partial charge < -0.3 is 34.9 Å². The molecule has 1 saturated heterocycles. The van der Waals surface area contributed by atoms with Crippen molar-refractivity contribution in [1.29, 1.82) is 0 Å². The Balaban J connectivity index is 1.44. The van der Waals surface area contributed by atoms with E-state index in [4.69, 9.17) is 9.47 Å². The fourth-order valence-electron chi connectivity index (χ4n) is 4.95. The molecule has 2 aromatic carbocycles. The Bertz CT molecular complexity index is 1470. The van der Waals surface area contributed by atoms with Crippen molar-refractivity contribution < 1.29 is 18.8 Å². The monoisotopic (exact) mass is 594 g/mol. The van der Waals surface area contributed by atoms with Gasteiger partial charge in [-0.25, -0.2) is 9.78 Å². The first-order valence-corrected chi connectivity index (χ1v) is 16.8. The normalized spacial score (nSPS) is 14.3. The molecule has 0 radical (unpaired) electrons. The highest BCUT2D eigenvalue weighted by atomic mass is 31.2. The number of piperidine rings is 1. The summed E-state index contributed by atoms with van der Waals surface area (Å²) in [4.78, 5) is 23.6. The number of anilines is 5. The van der Waals surface area contributed by atoms with Crippen molar-refractivity contribution in [2.45, 2.75) is 59.1 Å². The van der Waals surface area contributed by atoms with E-state index in [-0.39, 0.29) is 12.1 Å². The highest BCUT2D eigenvalue weighted by Gasteiger charge is 2.24. The first-order chi connectivity index (χ1) is 19.7. The van der Waals surface area contributed by atoms with Crippen LogP contribution in [0.4, 0.5) is 33.6 Å². The Morgan fingerprint density at radius 1 is 1.05 bits per heavy atom. The number of methoxy groups -OCH3 is 1. The molecule has 3 N–H and O–H groups in total. The molecular formula is C31H43N6O4P. The number of nitrogens with one attached hydrogen (secondary N) is 3. The van der Waals surface area contributed by atoms with Crippen LogP contribution >= 0.6 is 7.14 Å². The summed E-state index contributed by atoms with van der Waals surface area (Å²) in [6.45, 7) is 14.9. The van der Waals surface area contributed by atoms with Gasteiger partial charge in [-0.05, 0) is 96.7 Å². The number of ether oxygens (including phenoxy) is 2. The third-order valence-electron chi connectivity index (χ3n) is 6.97. The Morgan fingerprint density at radius 3 is 2.38 bits per heavy atom. The van der Waals surface area contributed by atoms with Gasteiger partial charge in [-0.3, -0.25) is 0 Å². The fourth-order valence-corrected chi connectivity index (χ4v) is 6.17. The van der Waals surface area contributed by atoms with E-state index in [9.17, 15) is 9.36 Å². The minimum Gasteiger partial charge on any atom is -0.491 e. The van der Waals surface area contributed by atoms with Crippen molar-refractivity contribution in [3.05, 3.63) is 53.7 Å². The Labute approximate surface area is 249 Å². The van der Waals surface area contributed by atoms with Crippen LogP contribution in [0, 0.1) is 13.8 Å². The van der Waals surface area contributed by atoms with E-state index in [1.165, 1.54) is 0 Å². The summed E-state index contributed by atoms with van der Waals surface area (Å²) >= 11 is 0. The summed E-state index contributed by atoms with van der Waals surface area (Å²) in [6.07, 6.45) is 2.95. The molecule has 0 bridgehead atoms. The second kappa shape index (κ2) is 12.6. The van der Waals surface area contributed by atoms with Gasteiger partial charge in [0.2, 0.25) is 5.95 Å². The van der Waals surface area contributed by atoms with Gasteiger partial charge in [0.05, 0.1) is 19.0 Å². The van der Waals surface area contributed by atoms with E-state index < -0.39 is 12.7 Å². The zero-order chi connectivity index (χ0) is 30.7. The molecule has 0 spiro atoms. The van der Waals surface area contributed by atoms with E-state index in [0.717, 1.165) is 59.4 Å². The van der Waals surface area contributed by atoms with Crippen LogP contribution in [0.1, 0.15) is 44.7 Å². The summed E-state index contributed by atoms with van der Waals surface area (Å²) in [5.41, 5.74) is 4.39. The van der Waals surface area contributed by atoms with Gasteiger partial charge in [0, 0.05) is 35.8 Å². The zero-order valence-electron chi connectivity index (χ0n) is 25.9. The standard InChI is InChI=1S/C31H43N6O4P/c1-20-9-11-24(27(17-20)42(7,8)39)35-28-26(40-6)19-32-29(36-28)33-23-10-12-25(21(2)18-23)37-15-13-22(14-16-37)34-30(38)41-31(3,4)5/h9-12,17-19,22H,13-16H2,1-8H3,(H,34,38)(H2,32,33,35,36). The molecule has 10 nitrogen and oxygen atoms in total. The maximum Gasteiger partial charge on any atom is 0.407 e. The molecule has 1 fully saturated rings. The highest BCUT2D eigenvalue weighted by Crippen LogP contribution is 2.39. The second-order valence-corrected chi connectivity index (χ2v) is 15.3. The Hall–Kier alpha value is -3.78. The van der Waals surface area contributed by atoms with Crippen LogP contribution in [0.25, 0.3) is 0 Å². The van der Waals surface area contributed by atoms with Crippen molar-refractivity contribution >= 4 is 47.4 Å². The molecule has 0 atom stereocenters. The fraction of sp³-hybridized carbons (Fsp3) is 0.452. The number of hydrogen-bond acceptors (Lipinski definition) is 9. The van der Waals surface area contributed by atoms with Gasteiger partial charge >= 0.3 is 6.09 Å². The average molecular weight is 595 g/mol. The molecule has 0 aliphatic carbocycles. The van der Waals surface area contributed by atoms with Crippen LogP contribution < -0.4 is 30.9 Å². The quantitative estimate of drug-likeness (QED) is 0.257. The smallest absolute Gasteiger partial charge is 0.407 e. The Morgan fingerprint density at radius 2 is 1.76 bits per heavy atom. The molecule has 2 heterocycles. The maximum absolute atomic E-state index is 13.0. The number of hydrogen-bond donors (Lipinski definition) is 3. The highest BCUT2D eigenvalue weighted by molar-refractivity contribution is 7.70. The van der Waals surface area contributed by atoms with E-state index in [0.29, 0.717) is 17.5 Å². The number of amides is 1. The maximum atomic E-state index is 13.0. The van der Waals surface area contributed by atoms with Gasteiger partial charge in [0.1, 0.15) is 12.7 Å². The van der Waals surface area contributed by atoms with E-state index >= 15 is 0 Å². The summed E-state index contributed by atoms with van der Waals surface area (Å²) in [5.74, 6) is 1.36. The Kier molecular flexibility index (Phi) is 9.36. The number of aromatic nitrogens is 2. The molecule has 42 heavy (non-hydrogen) atoms. The predicted molar refractivity (Wildman–Crippen MR) is 171 cm³/mol. The molecule has 4 rings (SSSR count). The predicted octanol–water partition coefficient (Wildman–Crippen LogP) is 6.33. The molecule has 11 heteroatoms. The van der Waals surface area contributed by atoms with E-state index in [2.05, 4.69) is 49.9 Å². The number of alkyl carbamates (subject to hydrolysis) is 1. The molecule has 3 aromatic rings. The molecule has 1 aromatic heterocycles. The van der Waals surface area contributed by atoms with Gasteiger partial charge in [-0.15, -0.1) is 0 Å². The number of nitrogens with zero attached hydrogens (tertiary/aromatic N) is 3. The van der Waals surface area contributed by atoms with Crippen LogP contribution in [-0.2, 0) is 9.30 Å². The lowest BCUT2D eigenvalue weighted by atomic mass is 10.0. The van der Waals surface area contributed by atoms with Crippen LogP contribution in [-0.4, -0.2) is 61.2 Å². The second-order valence-electron chi connectivity index (χ2n) is 12.1. The van der Waals surface area contributed by atoms with Crippen LogP contribution in [0.15, 0.2) is 42.6 Å². The van der Waals surface area contributed by atoms with Crippen molar-refractivity contribution in [1.82, 2.24) is 15.3 Å². The third kappa shape index (κ3) is 8.16. The minimum absolute atomic E-state index is 0.102. The van der Waals surface area contributed by atoms with Crippen molar-refractivity contribution in [2.24, 2.45) is 0 Å². The van der Waals surface area contributed by atoms with Gasteiger partial charge in [-0.2, -0.15) is 4.98 Å². The van der Waals surface area contributed by atoms with E-state index in [1.54, 1.807) is 26.6 Å². The minimum atomic E-state index is -2.54. The van der Waals surface area contributed by atoms with Crippen LogP contribution in [0.5, 0.6) is 5.75 Å². The topological polar surface area (TPSA) is 118 Å². The molecule has 1 aliphatic heterocycles. The summed E-state index contributed by atoms with van der Waals surface area (Å²) in [6, 6.07) is 12.1. The average Bonchev–Trinajstić information content (AvgIpc) is 2.89. The molecule has 1 amide bonds. The molecule has 226 valence electrons. The summed E-state index contributed by atoms with van der Waals surface area (Å²) in [5, 5.41) is 10.4.